The maximum atomic E-state index is 10.6. The monoisotopic (exact) mass is 334 g/mol. The molecule has 3 nitrogen and oxygen atoms in total. The van der Waals surface area contributed by atoms with E-state index in [9.17, 15) is 15.3 Å². The molecule has 0 radical (unpaired) electrons. The predicted molar refractivity (Wildman–Crippen MR) is 99.1 cm³/mol. The number of phenolic OH excluding ortho intramolecular Hbond substituents is 3. The smallest absolute Gasteiger partial charge is 0.120 e. The minimum atomic E-state index is -0.850. The average molecular weight is 334 g/mol. The molecule has 0 aromatic heterocycles. The van der Waals surface area contributed by atoms with Gasteiger partial charge in [-0.15, -0.1) is 0 Å². The summed E-state index contributed by atoms with van der Waals surface area (Å²) in [6, 6.07) is 21.4. The van der Waals surface area contributed by atoms with E-state index < -0.39 is 5.41 Å². The highest BCUT2D eigenvalue weighted by Crippen LogP contribution is 2.51. The van der Waals surface area contributed by atoms with Gasteiger partial charge in [-0.05, 0) is 24.6 Å². The molecular weight excluding hydrogens is 312 g/mol. The van der Waals surface area contributed by atoms with Crippen LogP contribution >= 0.6 is 0 Å². The summed E-state index contributed by atoms with van der Waals surface area (Å²) < 4.78 is 0. The third-order valence-corrected chi connectivity index (χ3v) is 4.72. The van der Waals surface area contributed by atoms with Gasteiger partial charge in [0.05, 0.1) is 5.41 Å². The van der Waals surface area contributed by atoms with E-state index in [0.717, 1.165) is 6.42 Å². The van der Waals surface area contributed by atoms with Gasteiger partial charge in [-0.25, -0.2) is 0 Å². The predicted octanol–water partition coefficient (Wildman–Crippen LogP) is 4.94. The van der Waals surface area contributed by atoms with E-state index in [0.29, 0.717) is 23.1 Å². The molecule has 3 N–H and O–H groups in total. The molecular formula is C22H22O3. The second kappa shape index (κ2) is 6.89. The van der Waals surface area contributed by atoms with Crippen LogP contribution in [0.5, 0.6) is 17.2 Å². The molecule has 3 aromatic carbocycles. The first kappa shape index (κ1) is 16.9. The van der Waals surface area contributed by atoms with Gasteiger partial charge in [-0.3, -0.25) is 0 Å². The fourth-order valence-corrected chi connectivity index (χ4v) is 3.72. The van der Waals surface area contributed by atoms with Crippen molar-refractivity contribution in [2.45, 2.75) is 25.2 Å². The standard InChI is InChI=1S/C22H22O3/c1-2-15-22(16-9-3-6-12-19(16)23,17-10-4-7-13-20(17)24)18-11-5-8-14-21(18)25/h3-14,23-25H,2,15H2,1H3. The van der Waals surface area contributed by atoms with Crippen LogP contribution in [-0.2, 0) is 5.41 Å². The zero-order valence-electron chi connectivity index (χ0n) is 14.2. The molecule has 0 aliphatic carbocycles. The number of hydrogen-bond acceptors (Lipinski definition) is 3. The van der Waals surface area contributed by atoms with Gasteiger partial charge in [0.2, 0.25) is 0 Å². The molecule has 0 heterocycles. The maximum Gasteiger partial charge on any atom is 0.120 e. The fraction of sp³-hybridized carbons (Fsp3) is 0.182. The van der Waals surface area contributed by atoms with Gasteiger partial charge in [0.1, 0.15) is 17.2 Å². The van der Waals surface area contributed by atoms with Crippen molar-refractivity contribution in [3.05, 3.63) is 89.5 Å². The largest absolute Gasteiger partial charge is 0.508 e. The van der Waals surface area contributed by atoms with E-state index in [4.69, 9.17) is 0 Å². The van der Waals surface area contributed by atoms with Crippen LogP contribution in [0.3, 0.4) is 0 Å². The molecule has 0 bridgehead atoms. The summed E-state index contributed by atoms with van der Waals surface area (Å²) in [7, 11) is 0. The number of rotatable bonds is 5. The number of aromatic hydroxyl groups is 3. The quantitative estimate of drug-likeness (QED) is 0.579. The lowest BCUT2D eigenvalue weighted by Gasteiger charge is -2.37. The highest BCUT2D eigenvalue weighted by molar-refractivity contribution is 5.61. The zero-order valence-corrected chi connectivity index (χ0v) is 14.2. The van der Waals surface area contributed by atoms with Crippen LogP contribution in [0, 0.1) is 0 Å². The molecule has 0 aliphatic heterocycles. The van der Waals surface area contributed by atoms with E-state index in [1.807, 2.05) is 36.4 Å². The van der Waals surface area contributed by atoms with Crippen molar-refractivity contribution in [3.63, 3.8) is 0 Å². The number of phenols is 3. The van der Waals surface area contributed by atoms with Gasteiger partial charge >= 0.3 is 0 Å². The summed E-state index contributed by atoms with van der Waals surface area (Å²) in [4.78, 5) is 0. The molecule has 0 saturated carbocycles. The zero-order chi connectivity index (χ0) is 17.9. The first-order valence-corrected chi connectivity index (χ1v) is 8.46. The van der Waals surface area contributed by atoms with Crippen LogP contribution in [0.4, 0.5) is 0 Å². The van der Waals surface area contributed by atoms with E-state index in [-0.39, 0.29) is 17.2 Å². The minimum Gasteiger partial charge on any atom is -0.508 e. The summed E-state index contributed by atoms with van der Waals surface area (Å²) in [6.45, 7) is 2.05. The highest BCUT2D eigenvalue weighted by Gasteiger charge is 2.41. The van der Waals surface area contributed by atoms with Gasteiger partial charge in [-0.2, -0.15) is 0 Å². The van der Waals surface area contributed by atoms with Crippen molar-refractivity contribution >= 4 is 0 Å². The van der Waals surface area contributed by atoms with Gasteiger partial charge in [-0.1, -0.05) is 67.9 Å². The molecule has 128 valence electrons. The first-order chi connectivity index (χ1) is 12.1. The van der Waals surface area contributed by atoms with E-state index in [1.54, 1.807) is 36.4 Å². The third-order valence-electron chi connectivity index (χ3n) is 4.72. The molecule has 0 saturated heterocycles. The Bertz CT molecular complexity index is 759. The van der Waals surface area contributed by atoms with Gasteiger partial charge < -0.3 is 15.3 Å². The minimum absolute atomic E-state index is 0.141. The second-order valence-corrected chi connectivity index (χ2v) is 6.21. The summed E-state index contributed by atoms with van der Waals surface area (Å²) in [5.41, 5.74) is 1.15. The summed E-state index contributed by atoms with van der Waals surface area (Å²) in [5, 5.41) is 31.8. The van der Waals surface area contributed by atoms with E-state index >= 15 is 0 Å². The summed E-state index contributed by atoms with van der Waals surface area (Å²) in [5.74, 6) is 0.423. The van der Waals surface area contributed by atoms with Crippen molar-refractivity contribution in [2.24, 2.45) is 0 Å². The Morgan fingerprint density at radius 2 is 0.920 bits per heavy atom. The Hall–Kier alpha value is -2.94. The topological polar surface area (TPSA) is 60.7 Å². The molecule has 3 rings (SSSR count). The van der Waals surface area contributed by atoms with E-state index in [2.05, 4.69) is 6.92 Å². The first-order valence-electron chi connectivity index (χ1n) is 8.46. The maximum absolute atomic E-state index is 10.6. The Labute approximate surface area is 147 Å². The highest BCUT2D eigenvalue weighted by atomic mass is 16.3. The lowest BCUT2D eigenvalue weighted by atomic mass is 9.66. The van der Waals surface area contributed by atoms with Crippen molar-refractivity contribution in [3.8, 4) is 17.2 Å². The molecule has 0 aliphatic rings. The summed E-state index contributed by atoms with van der Waals surface area (Å²) >= 11 is 0. The summed E-state index contributed by atoms with van der Waals surface area (Å²) in [6.07, 6.45) is 1.43. The van der Waals surface area contributed by atoms with Crippen molar-refractivity contribution < 1.29 is 15.3 Å². The average Bonchev–Trinajstić information content (AvgIpc) is 2.62. The van der Waals surface area contributed by atoms with Crippen molar-refractivity contribution in [1.82, 2.24) is 0 Å². The fourth-order valence-electron chi connectivity index (χ4n) is 3.72. The molecule has 25 heavy (non-hydrogen) atoms. The number of benzene rings is 3. The van der Waals surface area contributed by atoms with Crippen LogP contribution < -0.4 is 0 Å². The molecule has 0 unspecified atom stereocenters. The van der Waals surface area contributed by atoms with Gasteiger partial charge in [0.15, 0.2) is 0 Å². The lowest BCUT2D eigenvalue weighted by molar-refractivity contribution is 0.408. The third kappa shape index (κ3) is 2.82. The molecule has 0 amide bonds. The molecule has 0 atom stereocenters. The van der Waals surface area contributed by atoms with Crippen molar-refractivity contribution in [2.75, 3.05) is 0 Å². The Kier molecular flexibility index (Phi) is 4.66. The van der Waals surface area contributed by atoms with Crippen LogP contribution in [0.1, 0.15) is 36.5 Å². The van der Waals surface area contributed by atoms with E-state index in [1.165, 1.54) is 0 Å². The SMILES string of the molecule is CCCC(c1ccccc1O)(c1ccccc1O)c1ccccc1O. The molecule has 3 aromatic rings. The Morgan fingerprint density at radius 3 is 1.20 bits per heavy atom. The molecule has 3 heteroatoms. The number of hydrogen-bond donors (Lipinski definition) is 3. The lowest BCUT2D eigenvalue weighted by Crippen LogP contribution is -2.29. The second-order valence-electron chi connectivity index (χ2n) is 6.21. The molecule has 0 spiro atoms. The van der Waals surface area contributed by atoms with Crippen molar-refractivity contribution in [1.29, 1.82) is 0 Å². The van der Waals surface area contributed by atoms with Crippen LogP contribution in [0.25, 0.3) is 0 Å². The molecule has 0 fully saturated rings. The Morgan fingerprint density at radius 1 is 0.600 bits per heavy atom. The Balaban J connectivity index is 2.44. The van der Waals surface area contributed by atoms with Crippen LogP contribution in [0.2, 0.25) is 0 Å². The number of para-hydroxylation sites is 3. The van der Waals surface area contributed by atoms with Gasteiger partial charge in [0, 0.05) is 16.7 Å². The van der Waals surface area contributed by atoms with Crippen LogP contribution in [-0.4, -0.2) is 15.3 Å². The van der Waals surface area contributed by atoms with Crippen LogP contribution in [0.15, 0.2) is 72.8 Å². The normalized spacial score (nSPS) is 11.4. The van der Waals surface area contributed by atoms with Gasteiger partial charge in [0.25, 0.3) is 0 Å².